The maximum absolute atomic E-state index is 12.5. The normalized spacial score (nSPS) is 22.6. The molecule has 3 aliphatic rings. The van der Waals surface area contributed by atoms with E-state index in [9.17, 15) is 19.2 Å². The van der Waals surface area contributed by atoms with E-state index in [4.69, 9.17) is 14.2 Å². The van der Waals surface area contributed by atoms with E-state index in [1.807, 2.05) is 12.2 Å². The van der Waals surface area contributed by atoms with E-state index < -0.39 is 36.4 Å². The molecule has 2 heterocycles. The van der Waals surface area contributed by atoms with Gasteiger partial charge in [0.05, 0.1) is 11.8 Å². The number of hydrogen-bond acceptors (Lipinski definition) is 7. The molecule has 1 saturated heterocycles. The maximum atomic E-state index is 12.5. The van der Waals surface area contributed by atoms with Crippen LogP contribution in [0.15, 0.2) is 30.4 Å². The monoisotopic (exact) mass is 414 g/mol. The summed E-state index contributed by atoms with van der Waals surface area (Å²) >= 11 is 0. The van der Waals surface area contributed by atoms with Crippen molar-refractivity contribution in [1.29, 1.82) is 0 Å². The lowest BCUT2D eigenvalue weighted by atomic mass is 9.85. The average molecular weight is 414 g/mol. The summed E-state index contributed by atoms with van der Waals surface area (Å²) in [6.07, 6.45) is 4.75. The Morgan fingerprint density at radius 3 is 2.50 bits per heavy atom. The van der Waals surface area contributed by atoms with Gasteiger partial charge in [0.25, 0.3) is 5.91 Å². The molecule has 3 amide bonds. The van der Waals surface area contributed by atoms with Crippen LogP contribution in [0.4, 0.5) is 0 Å². The highest BCUT2D eigenvalue weighted by atomic mass is 16.7. The van der Waals surface area contributed by atoms with Crippen LogP contribution in [0.1, 0.15) is 25.3 Å². The fraction of sp³-hybridized carbons (Fsp3) is 0.429. The van der Waals surface area contributed by atoms with Crippen LogP contribution in [-0.2, 0) is 30.5 Å². The number of imide groups is 1. The Morgan fingerprint density at radius 2 is 1.80 bits per heavy atom. The number of esters is 1. The molecule has 0 aromatic heterocycles. The molecule has 3 atom stereocenters. The van der Waals surface area contributed by atoms with Gasteiger partial charge >= 0.3 is 5.97 Å². The molecule has 9 heteroatoms. The van der Waals surface area contributed by atoms with Crippen molar-refractivity contribution < 1.29 is 33.4 Å². The first-order valence-electron chi connectivity index (χ1n) is 9.79. The number of nitrogens with one attached hydrogen (secondary N) is 1. The molecule has 1 aliphatic carbocycles. The van der Waals surface area contributed by atoms with Crippen LogP contribution in [-0.4, -0.2) is 48.0 Å². The van der Waals surface area contributed by atoms with E-state index in [1.54, 1.807) is 18.2 Å². The van der Waals surface area contributed by atoms with E-state index in [2.05, 4.69) is 5.32 Å². The number of amides is 3. The van der Waals surface area contributed by atoms with E-state index in [1.165, 1.54) is 6.92 Å². The number of nitrogens with zero attached hydrogens (tertiary/aromatic N) is 1. The SMILES string of the molecule is C[C@@H](C(=O)OCC(=O)NCc1ccc2c(c1)OCO2)N1C(=O)[C@@H]2CC=CC[C@H]2C1=O. The first-order valence-corrected chi connectivity index (χ1v) is 9.79. The van der Waals surface area contributed by atoms with Gasteiger partial charge in [-0.2, -0.15) is 0 Å². The van der Waals surface area contributed by atoms with Gasteiger partial charge in [-0.25, -0.2) is 4.79 Å². The maximum Gasteiger partial charge on any atom is 0.329 e. The van der Waals surface area contributed by atoms with Gasteiger partial charge in [-0.1, -0.05) is 18.2 Å². The van der Waals surface area contributed by atoms with E-state index in [-0.39, 0.29) is 25.2 Å². The summed E-state index contributed by atoms with van der Waals surface area (Å²) in [5.74, 6) is -1.57. The molecule has 30 heavy (non-hydrogen) atoms. The average Bonchev–Trinajstić information content (AvgIpc) is 3.32. The highest BCUT2D eigenvalue weighted by Crippen LogP contribution is 2.36. The highest BCUT2D eigenvalue weighted by Gasteiger charge is 2.50. The second-order valence-electron chi connectivity index (χ2n) is 7.45. The first-order chi connectivity index (χ1) is 14.5. The van der Waals surface area contributed by atoms with Crippen molar-refractivity contribution in [2.24, 2.45) is 11.8 Å². The Balaban J connectivity index is 1.26. The summed E-state index contributed by atoms with van der Waals surface area (Å²) in [7, 11) is 0. The van der Waals surface area contributed by atoms with E-state index in [0.717, 1.165) is 10.5 Å². The van der Waals surface area contributed by atoms with Crippen LogP contribution in [0.25, 0.3) is 0 Å². The van der Waals surface area contributed by atoms with Gasteiger partial charge in [0, 0.05) is 6.54 Å². The predicted octanol–water partition coefficient (Wildman–Crippen LogP) is 0.914. The summed E-state index contributed by atoms with van der Waals surface area (Å²) in [6, 6.07) is 4.23. The topological polar surface area (TPSA) is 111 Å². The number of carbonyl (C=O) groups excluding carboxylic acids is 4. The lowest BCUT2D eigenvalue weighted by Crippen LogP contribution is -2.45. The first kappa shape index (κ1) is 19.9. The standard InChI is InChI=1S/C21H22N2O7/c1-12(23-19(25)14-4-2-3-5-15(14)20(23)26)21(27)28-10-18(24)22-9-13-6-7-16-17(8-13)30-11-29-16/h2-3,6-8,12,14-15H,4-5,9-11H2,1H3,(H,22,24)/t12-,14+,15+/m0/s1. The number of ether oxygens (including phenoxy) is 3. The number of benzene rings is 1. The third-order valence-corrected chi connectivity index (χ3v) is 5.54. The van der Waals surface area contributed by atoms with Crippen LogP contribution in [0.3, 0.4) is 0 Å². The zero-order valence-electron chi connectivity index (χ0n) is 16.5. The quantitative estimate of drug-likeness (QED) is 0.418. The van der Waals surface area contributed by atoms with Gasteiger partial charge in [0.15, 0.2) is 18.1 Å². The van der Waals surface area contributed by atoms with E-state index >= 15 is 0 Å². The molecule has 1 aromatic rings. The van der Waals surface area contributed by atoms with Crippen LogP contribution in [0.2, 0.25) is 0 Å². The van der Waals surface area contributed by atoms with E-state index in [0.29, 0.717) is 24.3 Å². The molecule has 158 valence electrons. The van der Waals surface area contributed by atoms with Gasteiger partial charge in [-0.3, -0.25) is 19.3 Å². The summed E-state index contributed by atoms with van der Waals surface area (Å²) in [6.45, 7) is 1.33. The fourth-order valence-corrected chi connectivity index (χ4v) is 3.87. The molecule has 0 radical (unpaired) electrons. The van der Waals surface area contributed by atoms with Crippen molar-refractivity contribution in [2.45, 2.75) is 32.4 Å². The second kappa shape index (κ2) is 8.17. The molecule has 1 fully saturated rings. The number of likely N-dealkylation sites (tertiary alicyclic amines) is 1. The largest absolute Gasteiger partial charge is 0.454 e. The number of hydrogen-bond donors (Lipinski definition) is 1. The molecule has 2 aliphatic heterocycles. The van der Waals surface area contributed by atoms with Crippen molar-refractivity contribution in [2.75, 3.05) is 13.4 Å². The third kappa shape index (κ3) is 3.74. The summed E-state index contributed by atoms with van der Waals surface area (Å²) in [4.78, 5) is 50.4. The molecule has 1 aromatic carbocycles. The molecular weight excluding hydrogens is 392 g/mol. The summed E-state index contributed by atoms with van der Waals surface area (Å²) in [5, 5.41) is 2.64. The van der Waals surface area contributed by atoms with Crippen molar-refractivity contribution in [3.63, 3.8) is 0 Å². The Hall–Kier alpha value is -3.36. The summed E-state index contributed by atoms with van der Waals surface area (Å²) in [5.41, 5.74) is 0.803. The number of carbonyl (C=O) groups is 4. The van der Waals surface area contributed by atoms with Crippen molar-refractivity contribution in [3.05, 3.63) is 35.9 Å². The Morgan fingerprint density at radius 1 is 1.13 bits per heavy atom. The smallest absolute Gasteiger partial charge is 0.329 e. The summed E-state index contributed by atoms with van der Waals surface area (Å²) < 4.78 is 15.5. The number of fused-ring (bicyclic) bond motifs is 2. The second-order valence-corrected chi connectivity index (χ2v) is 7.45. The van der Waals surface area contributed by atoms with Gasteiger partial charge in [0.1, 0.15) is 6.04 Å². The van der Waals surface area contributed by atoms with Gasteiger partial charge < -0.3 is 19.5 Å². The highest BCUT2D eigenvalue weighted by molar-refractivity contribution is 6.08. The molecule has 0 saturated carbocycles. The Bertz CT molecular complexity index is 900. The van der Waals surface area contributed by atoms with Crippen molar-refractivity contribution >= 4 is 23.7 Å². The molecule has 1 N–H and O–H groups in total. The Kier molecular flexibility index (Phi) is 5.43. The Labute approximate surface area is 172 Å². The minimum absolute atomic E-state index is 0.166. The fourth-order valence-electron chi connectivity index (χ4n) is 3.87. The minimum Gasteiger partial charge on any atom is -0.454 e. The lowest BCUT2D eigenvalue weighted by Gasteiger charge is -2.21. The van der Waals surface area contributed by atoms with Crippen molar-refractivity contribution in [1.82, 2.24) is 10.2 Å². The number of allylic oxidation sites excluding steroid dienone is 2. The molecule has 0 spiro atoms. The van der Waals surface area contributed by atoms with Crippen LogP contribution in [0, 0.1) is 11.8 Å². The predicted molar refractivity (Wildman–Crippen MR) is 102 cm³/mol. The van der Waals surface area contributed by atoms with Gasteiger partial charge in [-0.15, -0.1) is 0 Å². The van der Waals surface area contributed by atoms with Gasteiger partial charge in [-0.05, 0) is 37.5 Å². The number of rotatable bonds is 6. The minimum atomic E-state index is -1.07. The third-order valence-electron chi connectivity index (χ3n) is 5.54. The molecule has 9 nitrogen and oxygen atoms in total. The molecule has 0 unspecified atom stereocenters. The van der Waals surface area contributed by atoms with Crippen LogP contribution in [0.5, 0.6) is 11.5 Å². The lowest BCUT2D eigenvalue weighted by molar-refractivity contribution is -0.159. The van der Waals surface area contributed by atoms with Crippen LogP contribution < -0.4 is 14.8 Å². The molecule has 4 rings (SSSR count). The molecule has 0 bridgehead atoms. The zero-order chi connectivity index (χ0) is 21.3. The van der Waals surface area contributed by atoms with Gasteiger partial charge in [0.2, 0.25) is 18.6 Å². The van der Waals surface area contributed by atoms with Crippen LogP contribution >= 0.6 is 0 Å². The zero-order valence-corrected chi connectivity index (χ0v) is 16.5. The van der Waals surface area contributed by atoms with Crippen molar-refractivity contribution in [3.8, 4) is 11.5 Å². The molecular formula is C21H22N2O7.